The first-order chi connectivity index (χ1) is 9.47. The fourth-order valence-corrected chi connectivity index (χ4v) is 11.5. The topological polar surface area (TPSA) is 12.0 Å². The zero-order chi connectivity index (χ0) is 14.5. The molecule has 1 fully saturated rings. The van der Waals surface area contributed by atoms with E-state index >= 15 is 0 Å². The summed E-state index contributed by atoms with van der Waals surface area (Å²) < 4.78 is 0. The van der Waals surface area contributed by atoms with Gasteiger partial charge in [-0.1, -0.05) is 52.1 Å². The van der Waals surface area contributed by atoms with Crippen molar-refractivity contribution in [1.29, 1.82) is 0 Å². The highest BCUT2D eigenvalue weighted by Gasteiger charge is 2.56. The summed E-state index contributed by atoms with van der Waals surface area (Å²) in [5, 5.41) is 0.804. The van der Waals surface area contributed by atoms with Crippen molar-refractivity contribution >= 4 is 20.0 Å². The second-order valence-corrected chi connectivity index (χ2v) is 12.8. The number of thioether (sulfide) groups is 1. The van der Waals surface area contributed by atoms with Crippen molar-refractivity contribution in [1.82, 2.24) is 4.98 Å². The molecule has 2 aliphatic rings. The van der Waals surface area contributed by atoms with Crippen LogP contribution in [0.15, 0.2) is 29.2 Å². The molecule has 5 unspecified atom stereocenters. The van der Waals surface area contributed by atoms with Crippen LogP contribution in [-0.4, -0.2) is 20.0 Å². The molecule has 110 valence electrons. The van der Waals surface area contributed by atoms with Gasteiger partial charge in [-0.05, 0) is 35.6 Å². The highest BCUT2D eigenvalue weighted by molar-refractivity contribution is 8.00. The second-order valence-electron chi connectivity index (χ2n) is 7.14. The SMILES string of the molecule is CCN[Si](C)(C)C1C(C)C(C)C2c3ccccc3SC21. The van der Waals surface area contributed by atoms with E-state index in [4.69, 9.17) is 0 Å². The third kappa shape index (κ3) is 2.09. The third-order valence-corrected chi connectivity index (χ3v) is 11.2. The first-order valence-corrected chi connectivity index (χ1v) is 11.9. The zero-order valence-corrected chi connectivity index (χ0v) is 15.1. The van der Waals surface area contributed by atoms with Crippen LogP contribution in [0.1, 0.15) is 32.3 Å². The van der Waals surface area contributed by atoms with Gasteiger partial charge in [-0.15, -0.1) is 11.8 Å². The summed E-state index contributed by atoms with van der Waals surface area (Å²) in [6, 6.07) is 9.12. The molecule has 0 amide bonds. The van der Waals surface area contributed by atoms with Crippen LogP contribution in [0.3, 0.4) is 0 Å². The average molecular weight is 306 g/mol. The van der Waals surface area contributed by atoms with Crippen molar-refractivity contribution in [3.05, 3.63) is 29.8 Å². The van der Waals surface area contributed by atoms with Gasteiger partial charge < -0.3 is 4.98 Å². The minimum absolute atomic E-state index is 0.779. The van der Waals surface area contributed by atoms with Gasteiger partial charge in [-0.25, -0.2) is 0 Å². The van der Waals surface area contributed by atoms with E-state index in [9.17, 15) is 0 Å². The normalized spacial score (nSPS) is 36.0. The lowest BCUT2D eigenvalue weighted by atomic mass is 9.87. The molecule has 1 aliphatic carbocycles. The molecule has 1 nitrogen and oxygen atoms in total. The molecule has 1 aromatic carbocycles. The first-order valence-electron chi connectivity index (χ1n) is 7.98. The van der Waals surface area contributed by atoms with Gasteiger partial charge in [-0.3, -0.25) is 0 Å². The van der Waals surface area contributed by atoms with E-state index in [0.29, 0.717) is 0 Å². The Bertz CT molecular complexity index is 502. The first kappa shape index (κ1) is 14.7. The van der Waals surface area contributed by atoms with Crippen molar-refractivity contribution < 1.29 is 0 Å². The summed E-state index contributed by atoms with van der Waals surface area (Å²) in [4.78, 5) is 5.43. The highest BCUT2D eigenvalue weighted by Crippen LogP contribution is 2.64. The average Bonchev–Trinajstić information content (AvgIpc) is 2.86. The molecule has 0 bridgehead atoms. The molecule has 0 aromatic heterocycles. The standard InChI is InChI=1S/C17H27NSSi/c1-6-18-20(4,5)17-12(3)11(2)15-13-9-7-8-10-14(13)19-16(15)17/h7-12,15-18H,6H2,1-5H3. The van der Waals surface area contributed by atoms with Crippen LogP contribution in [0.2, 0.25) is 18.6 Å². The van der Waals surface area contributed by atoms with Gasteiger partial charge >= 0.3 is 0 Å². The molecule has 3 rings (SSSR count). The Morgan fingerprint density at radius 3 is 2.55 bits per heavy atom. The van der Waals surface area contributed by atoms with Crippen LogP contribution in [0, 0.1) is 11.8 Å². The van der Waals surface area contributed by atoms with Gasteiger partial charge in [0.15, 0.2) is 0 Å². The molecule has 0 spiro atoms. The fraction of sp³-hybridized carbons (Fsp3) is 0.647. The van der Waals surface area contributed by atoms with Crippen LogP contribution in [0.4, 0.5) is 0 Å². The maximum atomic E-state index is 3.88. The summed E-state index contributed by atoms with van der Waals surface area (Å²) in [5.74, 6) is 2.43. The molecule has 0 radical (unpaired) electrons. The molecule has 1 aliphatic heterocycles. The van der Waals surface area contributed by atoms with E-state index in [1.165, 1.54) is 0 Å². The van der Waals surface area contributed by atoms with E-state index in [1.807, 2.05) is 0 Å². The number of fused-ring (bicyclic) bond motifs is 3. The van der Waals surface area contributed by atoms with Crippen molar-refractivity contribution in [2.45, 2.75) is 55.5 Å². The van der Waals surface area contributed by atoms with Crippen molar-refractivity contribution in [2.24, 2.45) is 11.8 Å². The number of hydrogen-bond donors (Lipinski definition) is 1. The second kappa shape index (κ2) is 5.18. The predicted octanol–water partition coefficient (Wildman–Crippen LogP) is 4.72. The van der Waals surface area contributed by atoms with Crippen molar-refractivity contribution in [3.63, 3.8) is 0 Å². The van der Waals surface area contributed by atoms with E-state index in [2.05, 4.69) is 74.9 Å². The van der Waals surface area contributed by atoms with Crippen LogP contribution < -0.4 is 4.98 Å². The molecule has 5 atom stereocenters. The molecular formula is C17H27NSSi. The van der Waals surface area contributed by atoms with Gasteiger partial charge in [0.2, 0.25) is 0 Å². The van der Waals surface area contributed by atoms with E-state index < -0.39 is 8.24 Å². The van der Waals surface area contributed by atoms with Gasteiger partial charge in [0.25, 0.3) is 0 Å². The largest absolute Gasteiger partial charge is 0.337 e. The van der Waals surface area contributed by atoms with Gasteiger partial charge in [-0.2, -0.15) is 0 Å². The Morgan fingerprint density at radius 2 is 1.85 bits per heavy atom. The number of hydrogen-bond acceptors (Lipinski definition) is 2. The summed E-state index contributed by atoms with van der Waals surface area (Å²) in [5.41, 5.74) is 2.51. The number of rotatable bonds is 3. The molecule has 20 heavy (non-hydrogen) atoms. The smallest absolute Gasteiger partial charge is 0.123 e. The quantitative estimate of drug-likeness (QED) is 0.811. The summed E-state index contributed by atoms with van der Waals surface area (Å²) in [7, 11) is -1.37. The molecule has 1 N–H and O–H groups in total. The van der Waals surface area contributed by atoms with Crippen LogP contribution in [0.25, 0.3) is 0 Å². The summed E-state index contributed by atoms with van der Waals surface area (Å²) >= 11 is 2.17. The van der Waals surface area contributed by atoms with E-state index in [0.717, 1.165) is 35.1 Å². The van der Waals surface area contributed by atoms with Gasteiger partial charge in [0.05, 0.1) is 0 Å². The van der Waals surface area contributed by atoms with Crippen molar-refractivity contribution in [3.8, 4) is 0 Å². The van der Waals surface area contributed by atoms with Crippen LogP contribution >= 0.6 is 11.8 Å². The van der Waals surface area contributed by atoms with E-state index in [1.54, 1.807) is 10.5 Å². The minimum atomic E-state index is -1.37. The zero-order valence-electron chi connectivity index (χ0n) is 13.3. The third-order valence-electron chi connectivity index (χ3n) is 5.68. The van der Waals surface area contributed by atoms with Crippen molar-refractivity contribution in [2.75, 3.05) is 6.54 Å². The summed E-state index contributed by atoms with van der Waals surface area (Å²) in [6.07, 6.45) is 0. The Kier molecular flexibility index (Phi) is 3.80. The fourth-order valence-electron chi connectivity index (χ4n) is 4.73. The van der Waals surface area contributed by atoms with E-state index in [-0.39, 0.29) is 0 Å². The Labute approximate surface area is 129 Å². The Hall–Kier alpha value is -0.253. The van der Waals surface area contributed by atoms with Crippen LogP contribution in [-0.2, 0) is 0 Å². The van der Waals surface area contributed by atoms with Gasteiger partial charge in [0, 0.05) is 16.1 Å². The lowest BCUT2D eigenvalue weighted by Gasteiger charge is -2.36. The minimum Gasteiger partial charge on any atom is -0.337 e. The molecular weight excluding hydrogens is 278 g/mol. The lowest BCUT2D eigenvalue weighted by Crippen LogP contribution is -2.52. The number of benzene rings is 1. The summed E-state index contributed by atoms with van der Waals surface area (Å²) in [6.45, 7) is 13.4. The molecule has 1 aromatic rings. The maximum Gasteiger partial charge on any atom is 0.123 e. The van der Waals surface area contributed by atoms with Crippen LogP contribution in [0.5, 0.6) is 0 Å². The molecule has 3 heteroatoms. The predicted molar refractivity (Wildman–Crippen MR) is 92.1 cm³/mol. The maximum absolute atomic E-state index is 3.88. The molecule has 0 saturated heterocycles. The highest BCUT2D eigenvalue weighted by atomic mass is 32.2. The number of nitrogens with one attached hydrogen (secondary N) is 1. The van der Waals surface area contributed by atoms with Gasteiger partial charge in [0.1, 0.15) is 8.24 Å². The lowest BCUT2D eigenvalue weighted by molar-refractivity contribution is 0.418. The molecule has 1 saturated carbocycles. The Morgan fingerprint density at radius 1 is 1.15 bits per heavy atom. The Balaban J connectivity index is 1.97. The monoisotopic (exact) mass is 305 g/mol. The molecule has 1 heterocycles.